The summed E-state index contributed by atoms with van der Waals surface area (Å²) in [6.07, 6.45) is 4.19. The summed E-state index contributed by atoms with van der Waals surface area (Å²) in [5, 5.41) is 3.14. The molecule has 0 spiro atoms. The standard InChI is InChI=1S/C25H18N2OS/c1-16-7-3-4-8-18(16)12-11-17(2)25-27-21-15-19(13-14-23(21)29-25)24-26-20-9-5-6-10-22(20)28-24/h3-15H,1H2,2H3. The van der Waals surface area contributed by atoms with Gasteiger partial charge in [0.1, 0.15) is 10.5 Å². The number of aromatic nitrogens is 2. The van der Waals surface area contributed by atoms with Crippen molar-refractivity contribution in [3.8, 4) is 11.5 Å². The van der Waals surface area contributed by atoms with Crippen molar-refractivity contribution < 1.29 is 4.42 Å². The topological polar surface area (TPSA) is 38.9 Å². The van der Waals surface area contributed by atoms with Gasteiger partial charge in [0.2, 0.25) is 5.89 Å². The molecule has 0 fully saturated rings. The quantitative estimate of drug-likeness (QED) is 0.411. The first-order valence-electron chi connectivity index (χ1n) is 9.37. The monoisotopic (exact) mass is 394 g/mol. The minimum absolute atomic E-state index is 0.621. The molecule has 2 aromatic heterocycles. The fourth-order valence-corrected chi connectivity index (χ4v) is 4.13. The summed E-state index contributed by atoms with van der Waals surface area (Å²) in [5.41, 5.74) is 4.67. The third kappa shape index (κ3) is 3.39. The molecule has 3 nitrogen and oxygen atoms in total. The van der Waals surface area contributed by atoms with Crippen LogP contribution in [0.1, 0.15) is 11.9 Å². The highest BCUT2D eigenvalue weighted by atomic mass is 32.1. The lowest BCUT2D eigenvalue weighted by Crippen LogP contribution is -2.21. The van der Waals surface area contributed by atoms with Crippen LogP contribution in [-0.4, -0.2) is 9.97 Å². The molecule has 29 heavy (non-hydrogen) atoms. The number of hydrogen-bond acceptors (Lipinski definition) is 4. The number of allylic oxidation sites excluding steroid dienone is 2. The Morgan fingerprint density at radius 2 is 1.79 bits per heavy atom. The molecule has 4 heteroatoms. The lowest BCUT2D eigenvalue weighted by Gasteiger charge is -1.94. The van der Waals surface area contributed by atoms with Crippen LogP contribution in [0.25, 0.3) is 51.0 Å². The molecule has 5 aromatic rings. The second kappa shape index (κ2) is 7.15. The SMILES string of the molecule is C=c1ccccc1=CC=C(C)c1nc2cc(-c3nc4ccccc4o3)ccc2s1. The maximum atomic E-state index is 5.90. The van der Waals surface area contributed by atoms with Crippen molar-refractivity contribution in [2.24, 2.45) is 0 Å². The second-order valence-corrected chi connectivity index (χ2v) is 7.93. The number of benzene rings is 3. The van der Waals surface area contributed by atoms with Crippen LogP contribution in [0.15, 0.2) is 77.2 Å². The summed E-state index contributed by atoms with van der Waals surface area (Å²) in [6, 6.07) is 22.1. The van der Waals surface area contributed by atoms with Crippen molar-refractivity contribution >= 4 is 50.9 Å². The van der Waals surface area contributed by atoms with Crippen LogP contribution in [-0.2, 0) is 0 Å². The number of oxazole rings is 1. The largest absolute Gasteiger partial charge is 0.436 e. The zero-order valence-corrected chi connectivity index (χ0v) is 16.7. The van der Waals surface area contributed by atoms with E-state index in [0.717, 1.165) is 47.9 Å². The third-order valence-electron chi connectivity index (χ3n) is 4.83. The Balaban J connectivity index is 1.52. The van der Waals surface area contributed by atoms with Crippen molar-refractivity contribution in [1.29, 1.82) is 0 Å². The summed E-state index contributed by atoms with van der Waals surface area (Å²) >= 11 is 1.69. The highest BCUT2D eigenvalue weighted by Gasteiger charge is 2.11. The molecule has 140 valence electrons. The van der Waals surface area contributed by atoms with Crippen LogP contribution in [0.5, 0.6) is 0 Å². The summed E-state index contributed by atoms with van der Waals surface area (Å²) in [7, 11) is 0. The van der Waals surface area contributed by atoms with Crippen molar-refractivity contribution in [3.05, 3.63) is 88.3 Å². The van der Waals surface area contributed by atoms with Gasteiger partial charge in [-0.1, -0.05) is 55.1 Å². The molecule has 0 aliphatic carbocycles. The van der Waals surface area contributed by atoms with E-state index in [2.05, 4.69) is 42.8 Å². The van der Waals surface area contributed by atoms with E-state index in [1.807, 2.05) is 54.6 Å². The van der Waals surface area contributed by atoms with E-state index in [9.17, 15) is 0 Å². The van der Waals surface area contributed by atoms with Crippen LogP contribution < -0.4 is 10.4 Å². The molecule has 0 aliphatic heterocycles. The van der Waals surface area contributed by atoms with Gasteiger partial charge in [-0.3, -0.25) is 0 Å². The zero-order chi connectivity index (χ0) is 19.8. The van der Waals surface area contributed by atoms with Gasteiger partial charge in [-0.05, 0) is 53.3 Å². The van der Waals surface area contributed by atoms with Crippen molar-refractivity contribution in [2.75, 3.05) is 0 Å². The first-order valence-corrected chi connectivity index (χ1v) is 10.2. The maximum Gasteiger partial charge on any atom is 0.227 e. The van der Waals surface area contributed by atoms with Crippen LogP contribution in [0.3, 0.4) is 0 Å². The van der Waals surface area contributed by atoms with Crippen LogP contribution in [0.4, 0.5) is 0 Å². The lowest BCUT2D eigenvalue weighted by molar-refractivity contribution is 0.620. The average Bonchev–Trinajstić information content (AvgIpc) is 3.36. The van der Waals surface area contributed by atoms with Gasteiger partial charge in [-0.25, -0.2) is 9.97 Å². The Labute approximate surface area is 172 Å². The van der Waals surface area contributed by atoms with E-state index in [1.165, 1.54) is 0 Å². The number of fused-ring (bicyclic) bond motifs is 2. The predicted molar refractivity (Wildman–Crippen MR) is 122 cm³/mol. The van der Waals surface area contributed by atoms with Gasteiger partial charge < -0.3 is 4.42 Å². The van der Waals surface area contributed by atoms with Gasteiger partial charge >= 0.3 is 0 Å². The van der Waals surface area contributed by atoms with E-state index in [-0.39, 0.29) is 0 Å². The Morgan fingerprint density at radius 3 is 2.66 bits per heavy atom. The number of para-hydroxylation sites is 2. The Kier molecular flexibility index (Phi) is 4.34. The van der Waals surface area contributed by atoms with E-state index >= 15 is 0 Å². The Hall–Kier alpha value is -3.50. The number of thiazole rings is 1. The molecule has 5 rings (SSSR count). The van der Waals surface area contributed by atoms with E-state index < -0.39 is 0 Å². The molecule has 0 bridgehead atoms. The molecule has 0 atom stereocenters. The first kappa shape index (κ1) is 17.6. The fourth-order valence-electron chi connectivity index (χ4n) is 3.21. The number of nitrogens with zero attached hydrogens (tertiary/aromatic N) is 2. The minimum Gasteiger partial charge on any atom is -0.436 e. The molecule has 0 N–H and O–H groups in total. The molecule has 0 unspecified atom stereocenters. The molecule has 0 amide bonds. The van der Waals surface area contributed by atoms with Crippen molar-refractivity contribution in [3.63, 3.8) is 0 Å². The van der Waals surface area contributed by atoms with E-state index in [0.29, 0.717) is 5.89 Å². The third-order valence-corrected chi connectivity index (χ3v) is 6.01. The molecule has 0 saturated carbocycles. The summed E-state index contributed by atoms with van der Waals surface area (Å²) < 4.78 is 7.04. The van der Waals surface area contributed by atoms with Gasteiger partial charge in [0.25, 0.3) is 0 Å². The van der Waals surface area contributed by atoms with Gasteiger partial charge in [0, 0.05) is 5.56 Å². The van der Waals surface area contributed by atoms with Gasteiger partial charge in [0.05, 0.1) is 10.2 Å². The van der Waals surface area contributed by atoms with Crippen molar-refractivity contribution in [2.45, 2.75) is 6.92 Å². The van der Waals surface area contributed by atoms with Crippen molar-refractivity contribution in [1.82, 2.24) is 9.97 Å². The molecule has 2 heterocycles. The number of hydrogen-bond donors (Lipinski definition) is 0. The average molecular weight is 394 g/mol. The zero-order valence-electron chi connectivity index (χ0n) is 15.9. The molecule has 0 saturated heterocycles. The highest BCUT2D eigenvalue weighted by molar-refractivity contribution is 7.19. The molecular weight excluding hydrogens is 376 g/mol. The normalized spacial score (nSPS) is 12.9. The fraction of sp³-hybridized carbons (Fsp3) is 0.0400. The second-order valence-electron chi connectivity index (χ2n) is 6.90. The lowest BCUT2D eigenvalue weighted by atomic mass is 10.2. The Bertz CT molecular complexity index is 1460. The van der Waals surface area contributed by atoms with E-state index in [1.54, 1.807) is 11.3 Å². The maximum absolute atomic E-state index is 5.90. The summed E-state index contributed by atoms with van der Waals surface area (Å²) in [5.74, 6) is 0.621. The molecule has 3 aromatic carbocycles. The predicted octanol–water partition coefficient (Wildman–Crippen LogP) is 5.40. The Morgan fingerprint density at radius 1 is 0.966 bits per heavy atom. The van der Waals surface area contributed by atoms with Gasteiger partial charge in [0.15, 0.2) is 5.58 Å². The van der Waals surface area contributed by atoms with Gasteiger partial charge in [-0.15, -0.1) is 11.3 Å². The summed E-state index contributed by atoms with van der Waals surface area (Å²) in [4.78, 5) is 9.42. The van der Waals surface area contributed by atoms with Gasteiger partial charge in [-0.2, -0.15) is 0 Å². The first-order chi connectivity index (χ1) is 14.2. The molecule has 0 radical (unpaired) electrons. The highest BCUT2D eigenvalue weighted by Crippen LogP contribution is 2.31. The van der Waals surface area contributed by atoms with Crippen LogP contribution in [0, 0.1) is 0 Å². The van der Waals surface area contributed by atoms with Crippen LogP contribution in [0.2, 0.25) is 0 Å². The summed E-state index contributed by atoms with van der Waals surface area (Å²) in [6.45, 7) is 6.16. The van der Waals surface area contributed by atoms with Crippen LogP contribution >= 0.6 is 11.3 Å². The smallest absolute Gasteiger partial charge is 0.227 e. The minimum atomic E-state index is 0.621. The number of rotatable bonds is 3. The molecular formula is C25H18N2OS. The van der Waals surface area contributed by atoms with E-state index in [4.69, 9.17) is 9.40 Å². The molecule has 0 aliphatic rings.